The summed E-state index contributed by atoms with van der Waals surface area (Å²) < 4.78 is 5.45. The average molecular weight is 358 g/mol. The molecule has 142 valence electrons. The molecule has 0 unspecified atom stereocenters. The Labute approximate surface area is 156 Å². The van der Waals surface area contributed by atoms with Crippen molar-refractivity contribution in [3.8, 4) is 0 Å². The van der Waals surface area contributed by atoms with Crippen molar-refractivity contribution >= 4 is 12.0 Å². The summed E-state index contributed by atoms with van der Waals surface area (Å²) in [5, 5.41) is 3.09. The Hall–Kier alpha value is -2.04. The molecule has 2 aliphatic rings. The zero-order valence-corrected chi connectivity index (χ0v) is 16.1. The van der Waals surface area contributed by atoms with Crippen LogP contribution in [0.15, 0.2) is 24.3 Å². The predicted octanol–water partition coefficient (Wildman–Crippen LogP) is 3.62. The predicted molar refractivity (Wildman–Crippen MR) is 101 cm³/mol. The molecule has 5 heteroatoms. The molecule has 1 aliphatic heterocycles. The standard InChI is InChI=1S/C21H30N2O3/c1-21(2,3)26-20(25)23-13-7-12-18(23)19(24)22-14-16-10-6-9-15-8-4-5-11-17(15)16/h4-5,8,11,16,18H,6-7,9-10,12-14H2,1-3H3,(H,22,24)/t16-,18-/m1/s1. The maximum absolute atomic E-state index is 12.7. The van der Waals surface area contributed by atoms with Gasteiger partial charge in [0.05, 0.1) is 0 Å². The van der Waals surface area contributed by atoms with E-state index in [4.69, 9.17) is 4.74 Å². The highest BCUT2D eigenvalue weighted by Gasteiger charge is 2.36. The van der Waals surface area contributed by atoms with Gasteiger partial charge in [-0.1, -0.05) is 24.3 Å². The van der Waals surface area contributed by atoms with E-state index >= 15 is 0 Å². The maximum atomic E-state index is 12.7. The van der Waals surface area contributed by atoms with Crippen LogP contribution in [-0.4, -0.2) is 41.6 Å². The molecule has 0 aromatic heterocycles. The van der Waals surface area contributed by atoms with E-state index in [0.29, 0.717) is 25.4 Å². The Bertz CT molecular complexity index is 665. The normalized spacial score (nSPS) is 22.7. The Kier molecular flexibility index (Phi) is 5.54. The topological polar surface area (TPSA) is 58.6 Å². The quantitative estimate of drug-likeness (QED) is 0.898. The first-order valence-electron chi connectivity index (χ1n) is 9.70. The number of carbonyl (C=O) groups is 2. The summed E-state index contributed by atoms with van der Waals surface area (Å²) in [5.41, 5.74) is 2.20. The van der Waals surface area contributed by atoms with E-state index in [-0.39, 0.29) is 5.91 Å². The number of rotatable bonds is 3. The number of carbonyl (C=O) groups excluding carboxylic acids is 2. The van der Waals surface area contributed by atoms with E-state index in [1.54, 1.807) is 4.90 Å². The number of nitrogens with zero attached hydrogens (tertiary/aromatic N) is 1. The second kappa shape index (κ2) is 7.68. The van der Waals surface area contributed by atoms with Crippen LogP contribution in [0.5, 0.6) is 0 Å². The molecule has 0 radical (unpaired) electrons. The van der Waals surface area contributed by atoms with Gasteiger partial charge in [0.25, 0.3) is 0 Å². The number of likely N-dealkylation sites (tertiary alicyclic amines) is 1. The average Bonchev–Trinajstić information content (AvgIpc) is 3.08. The molecular formula is C21H30N2O3. The third kappa shape index (κ3) is 4.37. The molecule has 0 bridgehead atoms. The van der Waals surface area contributed by atoms with Crippen LogP contribution in [-0.2, 0) is 16.0 Å². The summed E-state index contributed by atoms with van der Waals surface area (Å²) in [4.78, 5) is 26.7. The highest BCUT2D eigenvalue weighted by Crippen LogP contribution is 2.31. The van der Waals surface area contributed by atoms with Gasteiger partial charge in [-0.3, -0.25) is 9.69 Å². The van der Waals surface area contributed by atoms with Gasteiger partial charge < -0.3 is 10.1 Å². The lowest BCUT2D eigenvalue weighted by molar-refractivity contribution is -0.125. The van der Waals surface area contributed by atoms with Gasteiger partial charge >= 0.3 is 6.09 Å². The van der Waals surface area contributed by atoms with E-state index < -0.39 is 17.7 Å². The summed E-state index contributed by atoms with van der Waals surface area (Å²) >= 11 is 0. The fourth-order valence-electron chi connectivity index (χ4n) is 3.99. The molecule has 26 heavy (non-hydrogen) atoms. The zero-order chi connectivity index (χ0) is 18.7. The van der Waals surface area contributed by atoms with Gasteiger partial charge in [0, 0.05) is 19.0 Å². The summed E-state index contributed by atoms with van der Waals surface area (Å²) in [6.45, 7) is 6.75. The van der Waals surface area contributed by atoms with E-state index in [0.717, 1.165) is 25.7 Å². The number of fused-ring (bicyclic) bond motifs is 1. The summed E-state index contributed by atoms with van der Waals surface area (Å²) in [6, 6.07) is 8.10. The third-order valence-electron chi connectivity index (χ3n) is 5.20. The van der Waals surface area contributed by atoms with E-state index in [1.165, 1.54) is 11.1 Å². The Morgan fingerprint density at radius 2 is 1.96 bits per heavy atom. The number of hydrogen-bond donors (Lipinski definition) is 1. The second-order valence-electron chi connectivity index (χ2n) is 8.36. The lowest BCUT2D eigenvalue weighted by Gasteiger charge is -2.29. The second-order valence-corrected chi connectivity index (χ2v) is 8.36. The van der Waals surface area contributed by atoms with Crippen molar-refractivity contribution in [1.82, 2.24) is 10.2 Å². The monoisotopic (exact) mass is 358 g/mol. The van der Waals surface area contributed by atoms with Gasteiger partial charge in [-0.15, -0.1) is 0 Å². The molecule has 5 nitrogen and oxygen atoms in total. The van der Waals surface area contributed by atoms with Crippen molar-refractivity contribution in [2.75, 3.05) is 13.1 Å². The fourth-order valence-corrected chi connectivity index (χ4v) is 3.99. The molecule has 1 aromatic carbocycles. The van der Waals surface area contributed by atoms with Crippen molar-refractivity contribution in [3.63, 3.8) is 0 Å². The first-order valence-corrected chi connectivity index (χ1v) is 9.70. The molecule has 3 rings (SSSR count). The van der Waals surface area contributed by atoms with Crippen LogP contribution in [0, 0.1) is 0 Å². The van der Waals surface area contributed by atoms with Gasteiger partial charge in [-0.05, 0) is 64.0 Å². The molecule has 0 saturated carbocycles. The highest BCUT2D eigenvalue weighted by atomic mass is 16.6. The van der Waals surface area contributed by atoms with Crippen LogP contribution in [0.2, 0.25) is 0 Å². The maximum Gasteiger partial charge on any atom is 0.410 e. The van der Waals surface area contributed by atoms with Gasteiger partial charge in [-0.25, -0.2) is 4.79 Å². The summed E-state index contributed by atoms with van der Waals surface area (Å²) in [7, 11) is 0. The Morgan fingerprint density at radius 1 is 1.19 bits per heavy atom. The molecule has 1 N–H and O–H groups in total. The number of ether oxygens (including phenoxy) is 1. The molecule has 1 aliphatic carbocycles. The molecule has 2 atom stereocenters. The van der Waals surface area contributed by atoms with Crippen molar-refractivity contribution in [2.45, 2.75) is 70.4 Å². The first-order chi connectivity index (χ1) is 12.3. The molecule has 1 aromatic rings. The van der Waals surface area contributed by atoms with Crippen molar-refractivity contribution in [2.24, 2.45) is 0 Å². The highest BCUT2D eigenvalue weighted by molar-refractivity contribution is 5.86. The number of amides is 2. The summed E-state index contributed by atoms with van der Waals surface area (Å²) in [6.07, 6.45) is 4.52. The minimum absolute atomic E-state index is 0.0589. The van der Waals surface area contributed by atoms with Gasteiger partial charge in [-0.2, -0.15) is 0 Å². The number of nitrogens with one attached hydrogen (secondary N) is 1. The zero-order valence-electron chi connectivity index (χ0n) is 16.1. The van der Waals surface area contributed by atoms with Crippen LogP contribution < -0.4 is 5.32 Å². The Morgan fingerprint density at radius 3 is 2.73 bits per heavy atom. The van der Waals surface area contributed by atoms with Crippen molar-refractivity contribution in [1.29, 1.82) is 0 Å². The number of hydrogen-bond acceptors (Lipinski definition) is 3. The van der Waals surface area contributed by atoms with Gasteiger partial charge in [0.15, 0.2) is 0 Å². The van der Waals surface area contributed by atoms with Crippen LogP contribution in [0.25, 0.3) is 0 Å². The smallest absolute Gasteiger partial charge is 0.410 e. The largest absolute Gasteiger partial charge is 0.444 e. The summed E-state index contributed by atoms with van der Waals surface area (Å²) in [5.74, 6) is 0.302. The lowest BCUT2D eigenvalue weighted by Crippen LogP contribution is -2.48. The van der Waals surface area contributed by atoms with Gasteiger partial charge in [0.1, 0.15) is 11.6 Å². The number of aryl methyl sites for hydroxylation is 1. The first kappa shape index (κ1) is 18.7. The Balaban J connectivity index is 1.59. The third-order valence-corrected chi connectivity index (χ3v) is 5.20. The molecule has 2 amide bonds. The SMILES string of the molecule is CC(C)(C)OC(=O)N1CCC[C@@H]1C(=O)NC[C@H]1CCCc2ccccc21. The van der Waals surface area contributed by atoms with Crippen LogP contribution in [0.3, 0.4) is 0 Å². The fraction of sp³-hybridized carbons (Fsp3) is 0.619. The minimum Gasteiger partial charge on any atom is -0.444 e. The lowest BCUT2D eigenvalue weighted by atomic mass is 9.83. The van der Waals surface area contributed by atoms with Gasteiger partial charge in [0.2, 0.25) is 5.91 Å². The van der Waals surface area contributed by atoms with Crippen LogP contribution in [0.4, 0.5) is 4.79 Å². The van der Waals surface area contributed by atoms with E-state index in [2.05, 4.69) is 29.6 Å². The minimum atomic E-state index is -0.549. The molecule has 1 fully saturated rings. The molecule has 1 heterocycles. The number of benzene rings is 1. The van der Waals surface area contributed by atoms with Crippen LogP contribution >= 0.6 is 0 Å². The molecular weight excluding hydrogens is 328 g/mol. The molecule has 0 spiro atoms. The van der Waals surface area contributed by atoms with Crippen molar-refractivity contribution < 1.29 is 14.3 Å². The van der Waals surface area contributed by atoms with E-state index in [1.807, 2.05) is 20.8 Å². The van der Waals surface area contributed by atoms with E-state index in [9.17, 15) is 9.59 Å². The molecule has 1 saturated heterocycles. The van der Waals surface area contributed by atoms with Crippen LogP contribution in [0.1, 0.15) is 63.5 Å². The van der Waals surface area contributed by atoms with Crippen molar-refractivity contribution in [3.05, 3.63) is 35.4 Å².